The third-order valence-electron chi connectivity index (χ3n) is 3.25. The molecule has 1 N–H and O–H groups in total. The Morgan fingerprint density at radius 2 is 1.90 bits per heavy atom. The van der Waals surface area contributed by atoms with E-state index >= 15 is 0 Å². The van der Waals surface area contributed by atoms with Crippen molar-refractivity contribution in [2.75, 3.05) is 26.2 Å². The number of nitro groups is 2. The monoisotopic (exact) mass is 294 g/mol. The highest BCUT2D eigenvalue weighted by molar-refractivity contribution is 5.98. The number of hydrogen-bond donors (Lipinski definition) is 1. The van der Waals surface area contributed by atoms with Crippen LogP contribution in [0.2, 0.25) is 0 Å². The van der Waals surface area contributed by atoms with Crippen molar-refractivity contribution in [1.29, 1.82) is 0 Å². The minimum atomic E-state index is -0.768. The fourth-order valence-corrected chi connectivity index (χ4v) is 2.18. The van der Waals surface area contributed by atoms with Crippen LogP contribution >= 0.6 is 0 Å². The van der Waals surface area contributed by atoms with Crippen LogP contribution in [0.15, 0.2) is 18.2 Å². The molecule has 9 heteroatoms. The average molecular weight is 294 g/mol. The fourth-order valence-electron chi connectivity index (χ4n) is 2.18. The van der Waals surface area contributed by atoms with Gasteiger partial charge in [-0.05, 0) is 19.0 Å². The zero-order valence-electron chi connectivity index (χ0n) is 11.2. The summed E-state index contributed by atoms with van der Waals surface area (Å²) in [7, 11) is 0. The lowest BCUT2D eigenvalue weighted by Crippen LogP contribution is -2.34. The van der Waals surface area contributed by atoms with E-state index in [2.05, 4.69) is 5.32 Å². The van der Waals surface area contributed by atoms with Crippen LogP contribution in [0.1, 0.15) is 16.8 Å². The number of nitrogens with one attached hydrogen (secondary N) is 1. The van der Waals surface area contributed by atoms with Gasteiger partial charge in [0.05, 0.1) is 15.9 Å². The van der Waals surface area contributed by atoms with Crippen molar-refractivity contribution in [3.8, 4) is 0 Å². The number of carbonyl (C=O) groups excluding carboxylic acids is 1. The molecule has 0 aromatic heterocycles. The number of amides is 1. The lowest BCUT2D eigenvalue weighted by Gasteiger charge is -2.19. The van der Waals surface area contributed by atoms with Crippen molar-refractivity contribution in [2.24, 2.45) is 0 Å². The number of nitrogens with zero attached hydrogens (tertiary/aromatic N) is 3. The van der Waals surface area contributed by atoms with Gasteiger partial charge < -0.3 is 10.2 Å². The maximum absolute atomic E-state index is 12.4. The lowest BCUT2D eigenvalue weighted by molar-refractivity contribution is -0.394. The van der Waals surface area contributed by atoms with Gasteiger partial charge in [-0.15, -0.1) is 0 Å². The number of carbonyl (C=O) groups is 1. The van der Waals surface area contributed by atoms with Crippen LogP contribution in [0, 0.1) is 20.2 Å². The first-order chi connectivity index (χ1) is 10.0. The Hall–Kier alpha value is -2.55. The summed E-state index contributed by atoms with van der Waals surface area (Å²) in [5.74, 6) is -0.472. The molecule has 1 aliphatic heterocycles. The predicted octanol–water partition coefficient (Wildman–Crippen LogP) is 0.938. The van der Waals surface area contributed by atoms with Gasteiger partial charge in [-0.3, -0.25) is 25.0 Å². The molecule has 21 heavy (non-hydrogen) atoms. The van der Waals surface area contributed by atoms with E-state index in [4.69, 9.17) is 0 Å². The van der Waals surface area contributed by atoms with Crippen molar-refractivity contribution >= 4 is 17.3 Å². The van der Waals surface area contributed by atoms with Gasteiger partial charge in [-0.2, -0.15) is 0 Å². The van der Waals surface area contributed by atoms with E-state index in [0.717, 1.165) is 31.2 Å². The summed E-state index contributed by atoms with van der Waals surface area (Å²) in [5, 5.41) is 24.9. The minimum absolute atomic E-state index is 0.118. The zero-order valence-corrected chi connectivity index (χ0v) is 11.2. The van der Waals surface area contributed by atoms with Crippen LogP contribution in [0.5, 0.6) is 0 Å². The molecule has 1 saturated heterocycles. The molecular weight excluding hydrogens is 280 g/mol. The summed E-state index contributed by atoms with van der Waals surface area (Å²) >= 11 is 0. The molecule has 1 amide bonds. The summed E-state index contributed by atoms with van der Waals surface area (Å²) in [6.07, 6.45) is 0.756. The zero-order chi connectivity index (χ0) is 15.4. The summed E-state index contributed by atoms with van der Waals surface area (Å²) < 4.78 is 0. The second kappa shape index (κ2) is 6.27. The van der Waals surface area contributed by atoms with E-state index in [1.54, 1.807) is 0 Å². The van der Waals surface area contributed by atoms with Crippen LogP contribution < -0.4 is 5.32 Å². The molecule has 0 bridgehead atoms. The molecule has 0 radical (unpaired) electrons. The lowest BCUT2D eigenvalue weighted by atomic mass is 10.1. The average Bonchev–Trinajstić information content (AvgIpc) is 2.74. The Bertz CT molecular complexity index is 581. The van der Waals surface area contributed by atoms with Crippen LogP contribution in [-0.2, 0) is 0 Å². The van der Waals surface area contributed by atoms with Crippen molar-refractivity contribution in [3.63, 3.8) is 0 Å². The third kappa shape index (κ3) is 3.31. The summed E-state index contributed by atoms with van der Waals surface area (Å²) in [6, 6.07) is 3.08. The highest BCUT2D eigenvalue weighted by Crippen LogP contribution is 2.26. The van der Waals surface area contributed by atoms with Crippen molar-refractivity contribution < 1.29 is 14.6 Å². The summed E-state index contributed by atoms with van der Waals surface area (Å²) in [6.45, 7) is 2.35. The van der Waals surface area contributed by atoms with Crippen LogP contribution in [0.4, 0.5) is 11.4 Å². The first kappa shape index (κ1) is 14.9. The molecule has 112 valence electrons. The number of benzene rings is 1. The second-order valence-corrected chi connectivity index (χ2v) is 4.61. The largest absolute Gasteiger partial charge is 0.337 e. The molecule has 1 heterocycles. The minimum Gasteiger partial charge on any atom is -0.337 e. The number of hydrogen-bond acceptors (Lipinski definition) is 6. The van der Waals surface area contributed by atoms with Gasteiger partial charge in [0, 0.05) is 25.7 Å². The summed E-state index contributed by atoms with van der Waals surface area (Å²) in [4.78, 5) is 34.1. The molecule has 2 rings (SSSR count). The Kier molecular flexibility index (Phi) is 4.43. The van der Waals surface area contributed by atoms with Crippen LogP contribution in [-0.4, -0.2) is 46.8 Å². The van der Waals surface area contributed by atoms with Gasteiger partial charge >= 0.3 is 0 Å². The van der Waals surface area contributed by atoms with E-state index in [1.165, 1.54) is 4.90 Å². The van der Waals surface area contributed by atoms with Gasteiger partial charge in [0.1, 0.15) is 5.56 Å². The Balaban J connectivity index is 2.35. The second-order valence-electron chi connectivity index (χ2n) is 4.61. The molecule has 0 spiro atoms. The fraction of sp³-hybridized carbons (Fsp3) is 0.417. The molecule has 1 aromatic carbocycles. The highest BCUT2D eigenvalue weighted by Gasteiger charge is 2.27. The van der Waals surface area contributed by atoms with Crippen molar-refractivity contribution in [1.82, 2.24) is 10.2 Å². The van der Waals surface area contributed by atoms with Crippen LogP contribution in [0.3, 0.4) is 0 Å². The predicted molar refractivity (Wildman–Crippen MR) is 73.1 cm³/mol. The van der Waals surface area contributed by atoms with Crippen molar-refractivity contribution in [3.05, 3.63) is 44.0 Å². The third-order valence-corrected chi connectivity index (χ3v) is 3.25. The Morgan fingerprint density at radius 1 is 1.14 bits per heavy atom. The highest BCUT2D eigenvalue weighted by atomic mass is 16.6. The summed E-state index contributed by atoms with van der Waals surface area (Å²) in [5.41, 5.74) is -1.06. The number of non-ortho nitro benzene ring substituents is 1. The van der Waals surface area contributed by atoms with Crippen LogP contribution in [0.25, 0.3) is 0 Å². The van der Waals surface area contributed by atoms with E-state index < -0.39 is 27.1 Å². The van der Waals surface area contributed by atoms with Crippen molar-refractivity contribution in [2.45, 2.75) is 6.42 Å². The number of nitro benzene ring substituents is 2. The smallest absolute Gasteiger partial charge is 0.289 e. The molecule has 9 nitrogen and oxygen atoms in total. The molecule has 0 aliphatic carbocycles. The quantitative estimate of drug-likeness (QED) is 0.654. The first-order valence-corrected chi connectivity index (χ1v) is 6.43. The Morgan fingerprint density at radius 3 is 2.57 bits per heavy atom. The molecular formula is C12H14N4O5. The molecule has 1 aromatic rings. The van der Waals surface area contributed by atoms with Gasteiger partial charge in [-0.1, -0.05) is 0 Å². The van der Waals surface area contributed by atoms with E-state index in [0.29, 0.717) is 19.6 Å². The first-order valence-electron chi connectivity index (χ1n) is 6.43. The van der Waals surface area contributed by atoms with Gasteiger partial charge in [0.2, 0.25) is 0 Å². The standard InChI is InChI=1S/C12H14N4O5/c17-12(14-6-1-4-13-5-7-14)10-3-2-9(15(18)19)8-11(10)16(20)21/h2-3,8,13H,1,4-7H2. The SMILES string of the molecule is O=C(c1ccc([N+](=O)[O-])cc1[N+](=O)[O-])N1CCCNCC1. The van der Waals surface area contributed by atoms with Gasteiger partial charge in [0.25, 0.3) is 17.3 Å². The topological polar surface area (TPSA) is 119 Å². The Labute approximate surface area is 119 Å². The van der Waals surface area contributed by atoms with E-state index in [1.807, 2.05) is 0 Å². The number of rotatable bonds is 3. The maximum Gasteiger partial charge on any atom is 0.289 e. The van der Waals surface area contributed by atoms with Gasteiger partial charge in [-0.25, -0.2) is 0 Å². The molecule has 0 unspecified atom stereocenters. The normalized spacial score (nSPS) is 15.3. The van der Waals surface area contributed by atoms with E-state index in [9.17, 15) is 25.0 Å². The van der Waals surface area contributed by atoms with Gasteiger partial charge in [0.15, 0.2) is 0 Å². The maximum atomic E-state index is 12.4. The molecule has 1 fully saturated rings. The molecule has 0 saturated carbocycles. The van der Waals surface area contributed by atoms with E-state index in [-0.39, 0.29) is 5.56 Å². The molecule has 0 atom stereocenters. The molecule has 1 aliphatic rings.